The highest BCUT2D eigenvalue weighted by Gasteiger charge is 2.27. The van der Waals surface area contributed by atoms with Gasteiger partial charge in [-0.25, -0.2) is 12.7 Å². The van der Waals surface area contributed by atoms with Crippen molar-refractivity contribution in [2.24, 2.45) is 0 Å². The molecule has 0 atom stereocenters. The molecule has 0 bridgehead atoms. The molecular formula is C14H21N3O5S. The van der Waals surface area contributed by atoms with Gasteiger partial charge >= 0.3 is 0 Å². The molecule has 0 radical (unpaired) electrons. The summed E-state index contributed by atoms with van der Waals surface area (Å²) in [4.78, 5) is 12.4. The minimum atomic E-state index is -3.20. The molecule has 1 aliphatic rings. The van der Waals surface area contributed by atoms with E-state index in [2.05, 4.69) is 4.90 Å². The predicted molar refractivity (Wildman–Crippen MR) is 85.7 cm³/mol. The van der Waals surface area contributed by atoms with Gasteiger partial charge in [0, 0.05) is 50.4 Å². The van der Waals surface area contributed by atoms with Crippen molar-refractivity contribution >= 4 is 15.7 Å². The van der Waals surface area contributed by atoms with Crippen molar-refractivity contribution in [3.8, 4) is 5.75 Å². The monoisotopic (exact) mass is 343 g/mol. The first-order chi connectivity index (χ1) is 10.7. The summed E-state index contributed by atoms with van der Waals surface area (Å²) in [6.07, 6.45) is 2.58. The quantitative estimate of drug-likeness (QED) is 0.635. The molecule has 0 unspecified atom stereocenters. The van der Waals surface area contributed by atoms with Gasteiger partial charge in [0.05, 0.1) is 11.2 Å². The molecule has 1 saturated heterocycles. The lowest BCUT2D eigenvalue weighted by Gasteiger charge is -2.35. The van der Waals surface area contributed by atoms with Crippen molar-refractivity contribution in [2.75, 3.05) is 26.4 Å². The second kappa shape index (κ2) is 6.81. The Kier molecular flexibility index (Phi) is 5.23. The number of likely N-dealkylation sites (tertiary alicyclic amines) is 1. The van der Waals surface area contributed by atoms with E-state index >= 15 is 0 Å². The average molecular weight is 343 g/mol. The van der Waals surface area contributed by atoms with Crippen LogP contribution in [0.25, 0.3) is 0 Å². The molecule has 8 nitrogen and oxygen atoms in total. The zero-order chi connectivity index (χ0) is 17.2. The van der Waals surface area contributed by atoms with E-state index in [0.29, 0.717) is 38.0 Å². The van der Waals surface area contributed by atoms with Gasteiger partial charge in [-0.1, -0.05) is 0 Å². The van der Waals surface area contributed by atoms with Crippen LogP contribution in [0.1, 0.15) is 18.4 Å². The molecule has 1 aromatic carbocycles. The number of phenolic OH excluding ortho intramolecular Hbond substituents is 1. The molecule has 0 aliphatic carbocycles. The standard InChI is InChI=1S/C14H21N3O5S/c1-15(23(2,21)22)12-5-7-16(8-6-12)10-11-9-13(17(19)20)3-4-14(11)18/h3-4,9,12,18H,5-8,10H2,1-2H3. The molecule has 9 heteroatoms. The number of hydrogen-bond acceptors (Lipinski definition) is 6. The zero-order valence-electron chi connectivity index (χ0n) is 13.2. The number of nitrogens with zero attached hydrogens (tertiary/aromatic N) is 3. The van der Waals surface area contributed by atoms with Gasteiger partial charge < -0.3 is 5.11 Å². The number of piperidine rings is 1. The van der Waals surface area contributed by atoms with Gasteiger partial charge in [0.1, 0.15) is 5.75 Å². The van der Waals surface area contributed by atoms with Gasteiger partial charge in [0.25, 0.3) is 5.69 Å². The number of non-ortho nitro benzene ring substituents is 1. The molecule has 1 N–H and O–H groups in total. The van der Waals surface area contributed by atoms with Gasteiger partial charge in [0.15, 0.2) is 0 Å². The van der Waals surface area contributed by atoms with E-state index in [4.69, 9.17) is 0 Å². The topological polar surface area (TPSA) is 104 Å². The Bertz CT molecular complexity index is 684. The summed E-state index contributed by atoms with van der Waals surface area (Å²) in [5.74, 6) is 0.0333. The number of phenols is 1. The number of benzene rings is 1. The number of sulfonamides is 1. The van der Waals surface area contributed by atoms with Crippen molar-refractivity contribution < 1.29 is 18.4 Å². The van der Waals surface area contributed by atoms with E-state index in [1.165, 1.54) is 28.8 Å². The molecule has 0 amide bonds. The SMILES string of the molecule is CN(C1CCN(Cc2cc([N+](=O)[O-])ccc2O)CC1)S(C)(=O)=O. The first-order valence-corrected chi connectivity index (χ1v) is 9.15. The summed E-state index contributed by atoms with van der Waals surface area (Å²) in [7, 11) is -1.62. The Morgan fingerprint density at radius 2 is 2.00 bits per heavy atom. The van der Waals surface area contributed by atoms with E-state index in [9.17, 15) is 23.6 Å². The van der Waals surface area contributed by atoms with Crippen LogP contribution in [0.2, 0.25) is 0 Å². The van der Waals surface area contributed by atoms with Crippen molar-refractivity contribution in [1.82, 2.24) is 9.21 Å². The fraction of sp³-hybridized carbons (Fsp3) is 0.571. The highest BCUT2D eigenvalue weighted by Crippen LogP contribution is 2.26. The minimum Gasteiger partial charge on any atom is -0.508 e. The van der Waals surface area contributed by atoms with Crippen molar-refractivity contribution in [3.63, 3.8) is 0 Å². The zero-order valence-corrected chi connectivity index (χ0v) is 14.0. The number of rotatable bonds is 5. The molecule has 1 aliphatic heterocycles. The van der Waals surface area contributed by atoms with Crippen molar-refractivity contribution in [1.29, 1.82) is 0 Å². The van der Waals surface area contributed by atoms with Gasteiger partial charge in [-0.05, 0) is 18.9 Å². The predicted octanol–water partition coefficient (Wildman–Crippen LogP) is 1.16. The lowest BCUT2D eigenvalue weighted by molar-refractivity contribution is -0.385. The second-order valence-electron chi connectivity index (χ2n) is 5.86. The number of nitro benzene ring substituents is 1. The summed E-state index contributed by atoms with van der Waals surface area (Å²) in [5, 5.41) is 20.7. The first kappa shape index (κ1) is 17.6. The van der Waals surface area contributed by atoms with Crippen molar-refractivity contribution in [3.05, 3.63) is 33.9 Å². The fourth-order valence-electron chi connectivity index (χ4n) is 2.76. The summed E-state index contributed by atoms with van der Waals surface area (Å²) in [5.41, 5.74) is 0.457. The minimum absolute atomic E-state index is 0.0278. The van der Waals surface area contributed by atoms with Crippen LogP contribution < -0.4 is 0 Å². The average Bonchev–Trinajstić information content (AvgIpc) is 2.48. The highest BCUT2D eigenvalue weighted by atomic mass is 32.2. The Morgan fingerprint density at radius 1 is 1.39 bits per heavy atom. The smallest absolute Gasteiger partial charge is 0.270 e. The molecule has 2 rings (SSSR count). The van der Waals surface area contributed by atoms with Crippen molar-refractivity contribution in [2.45, 2.75) is 25.4 Å². The van der Waals surface area contributed by atoms with E-state index in [1.54, 1.807) is 7.05 Å². The molecule has 0 aromatic heterocycles. The molecular weight excluding hydrogens is 322 g/mol. The first-order valence-electron chi connectivity index (χ1n) is 7.30. The third kappa shape index (κ3) is 4.40. The summed E-state index contributed by atoms with van der Waals surface area (Å²) in [6, 6.07) is 3.95. The number of aromatic hydroxyl groups is 1. The van der Waals surface area contributed by atoms with Crippen LogP contribution in [-0.2, 0) is 16.6 Å². The van der Waals surface area contributed by atoms with E-state index in [1.807, 2.05) is 0 Å². The second-order valence-corrected chi connectivity index (χ2v) is 7.90. The third-order valence-electron chi connectivity index (χ3n) is 4.26. The van der Waals surface area contributed by atoms with Crippen LogP contribution in [0.4, 0.5) is 5.69 Å². The number of hydrogen-bond donors (Lipinski definition) is 1. The van der Waals surface area contributed by atoms with Gasteiger partial charge in [-0.3, -0.25) is 15.0 Å². The Labute approximate surface area is 135 Å². The van der Waals surface area contributed by atoms with Gasteiger partial charge in [0.2, 0.25) is 10.0 Å². The Hall–Kier alpha value is -1.71. The summed E-state index contributed by atoms with van der Waals surface area (Å²) >= 11 is 0. The molecule has 1 heterocycles. The number of nitro groups is 1. The fourth-order valence-corrected chi connectivity index (χ4v) is 3.52. The highest BCUT2D eigenvalue weighted by molar-refractivity contribution is 7.88. The molecule has 1 aromatic rings. The lowest BCUT2D eigenvalue weighted by atomic mass is 10.0. The van der Waals surface area contributed by atoms with Gasteiger partial charge in [-0.15, -0.1) is 0 Å². The Morgan fingerprint density at radius 3 is 2.52 bits per heavy atom. The third-order valence-corrected chi connectivity index (χ3v) is 5.61. The normalized spacial score (nSPS) is 17.5. The maximum atomic E-state index is 11.6. The molecule has 128 valence electrons. The summed E-state index contributed by atoms with van der Waals surface area (Å²) < 4.78 is 24.5. The molecule has 1 fully saturated rings. The van der Waals surface area contributed by atoms with Crippen LogP contribution in [0.5, 0.6) is 5.75 Å². The summed E-state index contributed by atoms with van der Waals surface area (Å²) in [6.45, 7) is 1.75. The van der Waals surface area contributed by atoms with Crippen LogP contribution in [0, 0.1) is 10.1 Å². The van der Waals surface area contributed by atoms with E-state index in [0.717, 1.165) is 0 Å². The molecule has 0 saturated carbocycles. The van der Waals surface area contributed by atoms with Gasteiger partial charge in [-0.2, -0.15) is 0 Å². The van der Waals surface area contributed by atoms with E-state index in [-0.39, 0.29) is 17.5 Å². The molecule has 23 heavy (non-hydrogen) atoms. The lowest BCUT2D eigenvalue weighted by Crippen LogP contribution is -2.44. The largest absolute Gasteiger partial charge is 0.508 e. The van der Waals surface area contributed by atoms with E-state index < -0.39 is 14.9 Å². The maximum absolute atomic E-state index is 11.6. The van der Waals surface area contributed by atoms with Crippen LogP contribution in [0.15, 0.2) is 18.2 Å². The van der Waals surface area contributed by atoms with Crippen LogP contribution in [-0.4, -0.2) is 60.1 Å². The molecule has 0 spiro atoms. The van der Waals surface area contributed by atoms with Crippen LogP contribution >= 0.6 is 0 Å². The van der Waals surface area contributed by atoms with Crippen LogP contribution in [0.3, 0.4) is 0 Å². The maximum Gasteiger partial charge on any atom is 0.270 e. The Balaban J connectivity index is 1.99.